The van der Waals surface area contributed by atoms with Crippen LogP contribution in [0.25, 0.3) is 11.1 Å². The van der Waals surface area contributed by atoms with Crippen molar-refractivity contribution in [3.05, 3.63) is 36.2 Å². The van der Waals surface area contributed by atoms with E-state index in [2.05, 4.69) is 9.97 Å². The van der Waals surface area contributed by atoms with E-state index in [1.165, 1.54) is 12.1 Å². The van der Waals surface area contributed by atoms with E-state index in [-0.39, 0.29) is 10.5 Å². The average Bonchev–Trinajstić information content (AvgIpc) is 2.61. The maximum absolute atomic E-state index is 11.8. The fraction of sp³-hybridized carbons (Fsp3) is 0.267. The second-order valence-electron chi connectivity index (χ2n) is 5.51. The highest BCUT2D eigenvalue weighted by Crippen LogP contribution is 2.28. The zero-order valence-electron chi connectivity index (χ0n) is 13.3. The van der Waals surface area contributed by atoms with Crippen LogP contribution in [0.5, 0.6) is 0 Å². The monoisotopic (exact) mass is 362 g/mol. The predicted octanol–water partition coefficient (Wildman–Crippen LogP) is -0.0883. The number of ether oxygens (including phenoxy) is 1. The van der Waals surface area contributed by atoms with Crippen LogP contribution in [0.1, 0.15) is 5.56 Å². The number of hydrogen-bond donors (Lipinski definition) is 3. The van der Waals surface area contributed by atoms with Gasteiger partial charge in [0, 0.05) is 36.6 Å². The average molecular weight is 362 g/mol. The third kappa shape index (κ3) is 3.60. The minimum Gasteiger partial charge on any atom is -0.384 e. The van der Waals surface area contributed by atoms with E-state index < -0.39 is 15.9 Å². The fourth-order valence-electron chi connectivity index (χ4n) is 2.67. The minimum absolute atomic E-state index is 0.0488. The molecule has 3 rings (SSSR count). The summed E-state index contributed by atoms with van der Waals surface area (Å²) in [4.78, 5) is 10.5. The Morgan fingerprint density at radius 3 is 2.40 bits per heavy atom. The van der Waals surface area contributed by atoms with Gasteiger partial charge in [0.05, 0.1) is 18.1 Å². The van der Waals surface area contributed by atoms with E-state index >= 15 is 0 Å². The molecule has 0 atom stereocenters. The second-order valence-corrected chi connectivity index (χ2v) is 7.04. The van der Waals surface area contributed by atoms with Gasteiger partial charge in [-0.3, -0.25) is 5.41 Å². The number of rotatable bonds is 4. The zero-order valence-corrected chi connectivity index (χ0v) is 14.2. The van der Waals surface area contributed by atoms with Crippen molar-refractivity contribution in [2.24, 2.45) is 10.9 Å². The van der Waals surface area contributed by atoms with E-state index in [1.54, 1.807) is 18.5 Å². The number of morpholine rings is 1. The van der Waals surface area contributed by atoms with E-state index in [1.807, 2.05) is 4.90 Å². The maximum Gasteiger partial charge on any atom is 0.238 e. The summed E-state index contributed by atoms with van der Waals surface area (Å²) in [6, 6.07) is 4.51. The van der Waals surface area contributed by atoms with Gasteiger partial charge in [-0.15, -0.1) is 0 Å². The number of nitrogens with zero attached hydrogens (tertiary/aromatic N) is 3. The van der Waals surface area contributed by atoms with Crippen LogP contribution in [0, 0.1) is 5.41 Å². The molecule has 1 aromatic heterocycles. The van der Waals surface area contributed by atoms with Crippen molar-refractivity contribution in [3.63, 3.8) is 0 Å². The van der Waals surface area contributed by atoms with Crippen molar-refractivity contribution >= 4 is 21.8 Å². The van der Waals surface area contributed by atoms with Gasteiger partial charge in [0.2, 0.25) is 16.0 Å². The first-order valence-corrected chi connectivity index (χ1v) is 9.08. The quantitative estimate of drug-likeness (QED) is 0.508. The molecular weight excluding hydrogens is 344 g/mol. The fourth-order valence-corrected chi connectivity index (χ4v) is 3.45. The highest BCUT2D eigenvalue weighted by molar-refractivity contribution is 7.89. The topological polar surface area (TPSA) is 148 Å². The summed E-state index contributed by atoms with van der Waals surface area (Å²) >= 11 is 0. The molecule has 9 nitrogen and oxygen atoms in total. The Labute approximate surface area is 145 Å². The third-order valence-electron chi connectivity index (χ3n) is 3.85. The molecule has 0 bridgehead atoms. The summed E-state index contributed by atoms with van der Waals surface area (Å²) in [7, 11) is -4.02. The summed E-state index contributed by atoms with van der Waals surface area (Å²) in [5.74, 6) is 0.177. The molecule has 10 heteroatoms. The number of benzene rings is 1. The van der Waals surface area contributed by atoms with Crippen LogP contribution in [-0.2, 0) is 14.8 Å². The number of nitrogens with one attached hydrogen (secondary N) is 1. The van der Waals surface area contributed by atoms with Crippen LogP contribution in [0.15, 0.2) is 35.5 Å². The van der Waals surface area contributed by atoms with Crippen LogP contribution in [0.4, 0.5) is 5.95 Å². The van der Waals surface area contributed by atoms with Gasteiger partial charge in [0.25, 0.3) is 0 Å². The molecule has 0 unspecified atom stereocenters. The first-order valence-electron chi connectivity index (χ1n) is 7.53. The standard InChI is InChI=1S/C15H18N6O3S/c16-14(17)13-11(2-1-3-12(13)25(18,22)23)10-8-19-15(20-9-10)21-4-6-24-7-5-21/h1-3,8-9H,4-7H2,(H3,16,17)(H2,18,22,23). The Morgan fingerprint density at radius 2 is 1.84 bits per heavy atom. The molecule has 1 fully saturated rings. The Morgan fingerprint density at radius 1 is 1.20 bits per heavy atom. The Balaban J connectivity index is 2.03. The Bertz CT molecular complexity index is 892. The van der Waals surface area contributed by atoms with Crippen molar-refractivity contribution in [3.8, 4) is 11.1 Å². The van der Waals surface area contributed by atoms with E-state index in [0.29, 0.717) is 43.4 Å². The van der Waals surface area contributed by atoms with Gasteiger partial charge in [-0.2, -0.15) is 0 Å². The van der Waals surface area contributed by atoms with Crippen molar-refractivity contribution in [1.29, 1.82) is 5.41 Å². The van der Waals surface area contributed by atoms with Crippen LogP contribution in [-0.4, -0.2) is 50.5 Å². The van der Waals surface area contributed by atoms with Crippen LogP contribution < -0.4 is 15.8 Å². The van der Waals surface area contributed by atoms with Crippen LogP contribution in [0.3, 0.4) is 0 Å². The zero-order chi connectivity index (χ0) is 18.0. The van der Waals surface area contributed by atoms with Gasteiger partial charge < -0.3 is 15.4 Å². The number of nitrogens with two attached hydrogens (primary N) is 2. The van der Waals surface area contributed by atoms with Crippen molar-refractivity contribution in [2.45, 2.75) is 4.90 Å². The highest BCUT2D eigenvalue weighted by Gasteiger charge is 2.21. The van der Waals surface area contributed by atoms with Gasteiger partial charge >= 0.3 is 0 Å². The molecule has 1 aromatic carbocycles. The summed E-state index contributed by atoms with van der Waals surface area (Å²) < 4.78 is 28.9. The summed E-state index contributed by atoms with van der Waals surface area (Å²) in [6.07, 6.45) is 3.15. The van der Waals surface area contributed by atoms with E-state index in [0.717, 1.165) is 0 Å². The number of primary sulfonamides is 1. The third-order valence-corrected chi connectivity index (χ3v) is 4.80. The van der Waals surface area contributed by atoms with Crippen molar-refractivity contribution < 1.29 is 13.2 Å². The minimum atomic E-state index is -4.02. The number of sulfonamides is 1. The van der Waals surface area contributed by atoms with Crippen molar-refractivity contribution in [2.75, 3.05) is 31.2 Å². The lowest BCUT2D eigenvalue weighted by molar-refractivity contribution is 0.122. The molecule has 132 valence electrons. The number of hydrogen-bond acceptors (Lipinski definition) is 7. The molecule has 0 aliphatic carbocycles. The molecule has 1 saturated heterocycles. The van der Waals surface area contributed by atoms with Gasteiger partial charge in [-0.25, -0.2) is 23.5 Å². The molecule has 0 spiro atoms. The molecule has 0 amide bonds. The number of anilines is 1. The van der Waals surface area contributed by atoms with E-state index in [4.69, 9.17) is 21.0 Å². The molecule has 0 saturated carbocycles. The Kier molecular flexibility index (Phi) is 4.66. The smallest absolute Gasteiger partial charge is 0.238 e. The van der Waals surface area contributed by atoms with E-state index in [9.17, 15) is 8.42 Å². The summed E-state index contributed by atoms with van der Waals surface area (Å²) in [5.41, 5.74) is 6.63. The van der Waals surface area contributed by atoms with Crippen LogP contribution >= 0.6 is 0 Å². The van der Waals surface area contributed by atoms with Crippen LogP contribution in [0.2, 0.25) is 0 Å². The molecule has 1 aliphatic heterocycles. The lowest BCUT2D eigenvalue weighted by Gasteiger charge is -2.26. The lowest BCUT2D eigenvalue weighted by Crippen LogP contribution is -2.37. The molecule has 25 heavy (non-hydrogen) atoms. The molecule has 0 radical (unpaired) electrons. The first-order chi connectivity index (χ1) is 11.9. The Hall–Kier alpha value is -2.56. The summed E-state index contributed by atoms with van der Waals surface area (Å²) in [5, 5.41) is 13.0. The maximum atomic E-state index is 11.8. The highest BCUT2D eigenvalue weighted by atomic mass is 32.2. The second kappa shape index (κ2) is 6.75. The number of amidine groups is 1. The van der Waals surface area contributed by atoms with Gasteiger partial charge in [0.1, 0.15) is 5.84 Å². The molecular formula is C15H18N6O3S. The molecule has 2 heterocycles. The lowest BCUT2D eigenvalue weighted by atomic mass is 10.0. The largest absolute Gasteiger partial charge is 0.384 e. The number of aromatic nitrogens is 2. The number of nitrogen functional groups attached to an aromatic ring is 1. The predicted molar refractivity (Wildman–Crippen MR) is 92.9 cm³/mol. The molecule has 5 N–H and O–H groups in total. The normalized spacial score (nSPS) is 15.2. The molecule has 2 aromatic rings. The van der Waals surface area contributed by atoms with Gasteiger partial charge in [-0.1, -0.05) is 12.1 Å². The van der Waals surface area contributed by atoms with Crippen molar-refractivity contribution in [1.82, 2.24) is 9.97 Å². The van der Waals surface area contributed by atoms with Gasteiger partial charge in [-0.05, 0) is 11.6 Å². The molecule has 1 aliphatic rings. The SMILES string of the molecule is N=C(N)c1c(-c2cnc(N3CCOCC3)nc2)cccc1S(N)(=O)=O. The van der Waals surface area contributed by atoms with Gasteiger partial charge in [0.15, 0.2) is 0 Å². The summed E-state index contributed by atoms with van der Waals surface area (Å²) in [6.45, 7) is 2.66. The first kappa shape index (κ1) is 17.3.